The predicted molar refractivity (Wildman–Crippen MR) is 103 cm³/mol. The molecule has 4 aromatic rings. The standard InChI is InChI=1S/C21H15F3N4O/c1-13-7-8-14(18-12-28-10-4-9-25-20(28)27-18)11-17(13)26-19(29)15-5-2-3-6-16(15)21(22,23)24/h2-12H,1H3,(H,26,29). The van der Waals surface area contributed by atoms with Gasteiger partial charge in [-0.05, 0) is 36.8 Å². The van der Waals surface area contributed by atoms with Crippen LogP contribution < -0.4 is 5.32 Å². The third-order valence-corrected chi connectivity index (χ3v) is 4.49. The average molecular weight is 396 g/mol. The molecule has 8 heteroatoms. The number of hydrogen-bond donors (Lipinski definition) is 1. The molecule has 29 heavy (non-hydrogen) atoms. The quantitative estimate of drug-likeness (QED) is 0.532. The molecule has 1 N–H and O–H groups in total. The van der Waals surface area contributed by atoms with Gasteiger partial charge in [0, 0.05) is 29.8 Å². The number of benzene rings is 2. The average Bonchev–Trinajstić information content (AvgIpc) is 3.13. The highest BCUT2D eigenvalue weighted by Gasteiger charge is 2.34. The Labute approximate surface area is 163 Å². The first-order chi connectivity index (χ1) is 13.8. The third-order valence-electron chi connectivity index (χ3n) is 4.49. The van der Waals surface area contributed by atoms with Crippen molar-refractivity contribution in [1.82, 2.24) is 14.4 Å². The van der Waals surface area contributed by atoms with E-state index in [1.54, 1.807) is 41.9 Å². The summed E-state index contributed by atoms with van der Waals surface area (Å²) < 4.78 is 41.4. The van der Waals surface area contributed by atoms with Gasteiger partial charge in [-0.15, -0.1) is 0 Å². The number of aromatic nitrogens is 3. The van der Waals surface area contributed by atoms with Gasteiger partial charge >= 0.3 is 6.18 Å². The van der Waals surface area contributed by atoms with Crippen molar-refractivity contribution in [3.8, 4) is 11.3 Å². The van der Waals surface area contributed by atoms with Crippen LogP contribution >= 0.6 is 0 Å². The SMILES string of the molecule is Cc1ccc(-c2cn3cccnc3n2)cc1NC(=O)c1ccccc1C(F)(F)F. The van der Waals surface area contributed by atoms with E-state index in [1.807, 2.05) is 12.3 Å². The van der Waals surface area contributed by atoms with E-state index < -0.39 is 23.2 Å². The van der Waals surface area contributed by atoms with Crippen molar-refractivity contribution in [3.05, 3.63) is 83.8 Å². The monoisotopic (exact) mass is 396 g/mol. The molecule has 2 aromatic carbocycles. The fraction of sp³-hybridized carbons (Fsp3) is 0.0952. The molecule has 4 rings (SSSR count). The van der Waals surface area contributed by atoms with Gasteiger partial charge in [0.15, 0.2) is 0 Å². The second kappa shape index (κ2) is 7.05. The minimum absolute atomic E-state index is 0.412. The van der Waals surface area contributed by atoms with Gasteiger partial charge in [-0.3, -0.25) is 9.20 Å². The third kappa shape index (κ3) is 3.69. The van der Waals surface area contributed by atoms with Crippen LogP contribution in [0.5, 0.6) is 0 Å². The van der Waals surface area contributed by atoms with Crippen molar-refractivity contribution in [3.63, 3.8) is 0 Å². The number of anilines is 1. The lowest BCUT2D eigenvalue weighted by atomic mass is 10.0. The Morgan fingerprint density at radius 1 is 1.10 bits per heavy atom. The Bertz CT molecular complexity index is 1180. The lowest BCUT2D eigenvalue weighted by Crippen LogP contribution is -2.19. The van der Waals surface area contributed by atoms with Crippen LogP contribution in [0.3, 0.4) is 0 Å². The molecule has 5 nitrogen and oxygen atoms in total. The molecule has 0 fully saturated rings. The van der Waals surface area contributed by atoms with E-state index in [2.05, 4.69) is 15.3 Å². The Morgan fingerprint density at radius 2 is 1.90 bits per heavy atom. The van der Waals surface area contributed by atoms with Crippen LogP contribution in [0.4, 0.5) is 18.9 Å². The topological polar surface area (TPSA) is 59.3 Å². The number of amides is 1. The summed E-state index contributed by atoms with van der Waals surface area (Å²) in [6, 6.07) is 11.8. The van der Waals surface area contributed by atoms with Crippen molar-refractivity contribution >= 4 is 17.4 Å². The number of carbonyl (C=O) groups is 1. The molecule has 0 bridgehead atoms. The van der Waals surface area contributed by atoms with Crippen LogP contribution in [0.15, 0.2) is 67.1 Å². The predicted octanol–water partition coefficient (Wildman–Crippen LogP) is 4.98. The molecule has 2 heterocycles. The smallest absolute Gasteiger partial charge is 0.322 e. The van der Waals surface area contributed by atoms with Crippen molar-refractivity contribution in [2.45, 2.75) is 13.1 Å². The van der Waals surface area contributed by atoms with E-state index >= 15 is 0 Å². The maximum Gasteiger partial charge on any atom is 0.417 e. The zero-order chi connectivity index (χ0) is 20.6. The van der Waals surface area contributed by atoms with Gasteiger partial charge in [0.25, 0.3) is 5.91 Å². The van der Waals surface area contributed by atoms with Crippen LogP contribution in [0.1, 0.15) is 21.5 Å². The number of carbonyl (C=O) groups excluding carboxylic acids is 1. The lowest BCUT2D eigenvalue weighted by molar-refractivity contribution is -0.137. The van der Waals surface area contributed by atoms with Gasteiger partial charge in [0.05, 0.1) is 16.8 Å². The number of hydrogen-bond acceptors (Lipinski definition) is 3. The fourth-order valence-corrected chi connectivity index (χ4v) is 3.00. The maximum absolute atomic E-state index is 13.2. The van der Waals surface area contributed by atoms with Crippen LogP contribution in [0.25, 0.3) is 17.0 Å². The molecule has 0 aliphatic carbocycles. The van der Waals surface area contributed by atoms with Crippen LogP contribution in [-0.4, -0.2) is 20.3 Å². The summed E-state index contributed by atoms with van der Waals surface area (Å²) in [7, 11) is 0. The van der Waals surface area contributed by atoms with E-state index in [9.17, 15) is 18.0 Å². The minimum Gasteiger partial charge on any atom is -0.322 e. The molecule has 2 aromatic heterocycles. The number of nitrogens with one attached hydrogen (secondary N) is 1. The number of nitrogens with zero attached hydrogens (tertiary/aromatic N) is 3. The summed E-state index contributed by atoms with van der Waals surface area (Å²) in [5.74, 6) is -0.303. The summed E-state index contributed by atoms with van der Waals surface area (Å²) >= 11 is 0. The second-order valence-corrected chi connectivity index (χ2v) is 6.48. The first-order valence-corrected chi connectivity index (χ1v) is 8.71. The van der Waals surface area contributed by atoms with E-state index in [0.29, 0.717) is 28.3 Å². The van der Waals surface area contributed by atoms with Gasteiger partial charge in [-0.2, -0.15) is 13.2 Å². The molecule has 0 radical (unpaired) electrons. The molecular weight excluding hydrogens is 381 g/mol. The normalized spacial score (nSPS) is 11.6. The first kappa shape index (κ1) is 18.7. The van der Waals surface area contributed by atoms with Gasteiger partial charge in [0.1, 0.15) is 0 Å². The summed E-state index contributed by atoms with van der Waals surface area (Å²) in [6.07, 6.45) is 0.612. The second-order valence-electron chi connectivity index (χ2n) is 6.48. The van der Waals surface area contributed by atoms with E-state index in [1.165, 1.54) is 12.1 Å². The highest BCUT2D eigenvalue weighted by atomic mass is 19.4. The van der Waals surface area contributed by atoms with Crippen LogP contribution in [0.2, 0.25) is 0 Å². The number of halogens is 3. The summed E-state index contributed by atoms with van der Waals surface area (Å²) in [5, 5.41) is 2.59. The molecule has 0 aliphatic heterocycles. The molecule has 0 spiro atoms. The fourth-order valence-electron chi connectivity index (χ4n) is 3.00. The van der Waals surface area contributed by atoms with Crippen LogP contribution in [0, 0.1) is 6.92 Å². The maximum atomic E-state index is 13.2. The van der Waals surface area contributed by atoms with Gasteiger partial charge in [-0.25, -0.2) is 9.97 Å². The zero-order valence-corrected chi connectivity index (χ0v) is 15.2. The molecule has 0 aliphatic rings. The van der Waals surface area contributed by atoms with E-state index in [4.69, 9.17) is 0 Å². The first-order valence-electron chi connectivity index (χ1n) is 8.71. The number of fused-ring (bicyclic) bond motifs is 1. The van der Waals surface area contributed by atoms with Gasteiger partial charge in [0.2, 0.25) is 5.78 Å². The van der Waals surface area contributed by atoms with Crippen molar-refractivity contribution < 1.29 is 18.0 Å². The molecule has 146 valence electrons. The van der Waals surface area contributed by atoms with Crippen molar-refractivity contribution in [2.75, 3.05) is 5.32 Å². The summed E-state index contributed by atoms with van der Waals surface area (Å²) in [5.41, 5.74) is 1.07. The Balaban J connectivity index is 1.68. The minimum atomic E-state index is -4.62. The summed E-state index contributed by atoms with van der Waals surface area (Å²) in [6.45, 7) is 1.76. The zero-order valence-electron chi connectivity index (χ0n) is 15.2. The van der Waals surface area contributed by atoms with Crippen molar-refractivity contribution in [2.24, 2.45) is 0 Å². The van der Waals surface area contributed by atoms with E-state index in [0.717, 1.165) is 12.1 Å². The van der Waals surface area contributed by atoms with Crippen molar-refractivity contribution in [1.29, 1.82) is 0 Å². The van der Waals surface area contributed by atoms with Crippen LogP contribution in [-0.2, 0) is 6.18 Å². The molecule has 0 unspecified atom stereocenters. The summed E-state index contributed by atoms with van der Waals surface area (Å²) in [4.78, 5) is 21.2. The highest BCUT2D eigenvalue weighted by Crippen LogP contribution is 2.32. The largest absolute Gasteiger partial charge is 0.417 e. The van der Waals surface area contributed by atoms with Gasteiger partial charge < -0.3 is 5.32 Å². The Kier molecular flexibility index (Phi) is 4.54. The number of aryl methyl sites for hydroxylation is 1. The van der Waals surface area contributed by atoms with E-state index in [-0.39, 0.29) is 0 Å². The Morgan fingerprint density at radius 3 is 2.66 bits per heavy atom. The number of imidazole rings is 1. The molecule has 1 amide bonds. The Hall–Kier alpha value is -3.68. The number of rotatable bonds is 3. The molecule has 0 saturated carbocycles. The lowest BCUT2D eigenvalue weighted by Gasteiger charge is -2.14. The molecular formula is C21H15F3N4O. The van der Waals surface area contributed by atoms with Gasteiger partial charge in [-0.1, -0.05) is 24.3 Å². The number of alkyl halides is 3. The highest BCUT2D eigenvalue weighted by molar-refractivity contribution is 6.06. The molecule has 0 atom stereocenters. The molecule has 0 saturated heterocycles.